The molecule has 1 aromatic rings. The fourth-order valence-electron chi connectivity index (χ4n) is 1.72. The topological polar surface area (TPSA) is 48.1 Å². The zero-order valence-corrected chi connectivity index (χ0v) is 10.00. The van der Waals surface area contributed by atoms with Gasteiger partial charge in [0, 0.05) is 12.1 Å². The molecular weight excluding hydrogens is 245 g/mol. The van der Waals surface area contributed by atoms with Crippen molar-refractivity contribution in [2.75, 3.05) is 6.61 Å². The summed E-state index contributed by atoms with van der Waals surface area (Å²) in [4.78, 5) is 3.51. The van der Waals surface area contributed by atoms with Crippen molar-refractivity contribution in [2.45, 2.75) is 26.1 Å². The van der Waals surface area contributed by atoms with Gasteiger partial charge in [0.25, 0.3) is 0 Å². The Kier molecular flexibility index (Phi) is 3.47. The molecule has 0 radical (unpaired) electrons. The summed E-state index contributed by atoms with van der Waals surface area (Å²) in [5.41, 5.74) is 5.01. The van der Waals surface area contributed by atoms with E-state index in [4.69, 9.17) is 10.5 Å². The van der Waals surface area contributed by atoms with E-state index in [1.165, 1.54) is 6.07 Å². The summed E-state index contributed by atoms with van der Waals surface area (Å²) in [5.74, 6) is 1.01. The van der Waals surface area contributed by atoms with Crippen molar-refractivity contribution in [3.63, 3.8) is 0 Å². The Morgan fingerprint density at radius 1 is 1.44 bits per heavy atom. The van der Waals surface area contributed by atoms with Gasteiger partial charge < -0.3 is 10.5 Å². The molecule has 1 fully saturated rings. The number of pyridine rings is 1. The molecule has 2 unspecified atom stereocenters. The summed E-state index contributed by atoms with van der Waals surface area (Å²) in [5, 5.41) is 0. The molecule has 18 heavy (non-hydrogen) atoms. The van der Waals surface area contributed by atoms with Crippen LogP contribution in [-0.2, 0) is 12.7 Å². The molecule has 1 aliphatic rings. The maximum atomic E-state index is 12.5. The van der Waals surface area contributed by atoms with E-state index in [-0.39, 0.29) is 12.4 Å². The third-order valence-electron chi connectivity index (χ3n) is 3.16. The van der Waals surface area contributed by atoms with Gasteiger partial charge in [-0.15, -0.1) is 0 Å². The molecule has 0 amide bonds. The Morgan fingerprint density at radius 2 is 2.11 bits per heavy atom. The summed E-state index contributed by atoms with van der Waals surface area (Å²) in [7, 11) is 0. The van der Waals surface area contributed by atoms with Crippen LogP contribution in [0.3, 0.4) is 0 Å². The van der Waals surface area contributed by atoms with Gasteiger partial charge in [-0.25, -0.2) is 4.98 Å². The van der Waals surface area contributed by atoms with Gasteiger partial charge in [-0.1, -0.05) is 13.0 Å². The van der Waals surface area contributed by atoms with E-state index in [1.807, 2.05) is 0 Å². The number of alkyl halides is 3. The van der Waals surface area contributed by atoms with Crippen LogP contribution >= 0.6 is 0 Å². The smallest absolute Gasteiger partial charge is 0.433 e. The van der Waals surface area contributed by atoms with Crippen LogP contribution in [-0.4, -0.2) is 11.6 Å². The number of halogens is 3. The SMILES string of the molecule is CC1CC1COc1nc(C(F)(F)F)ccc1CN. The Morgan fingerprint density at radius 3 is 2.61 bits per heavy atom. The second-order valence-corrected chi connectivity index (χ2v) is 4.65. The van der Waals surface area contributed by atoms with Crippen LogP contribution in [0.15, 0.2) is 12.1 Å². The minimum Gasteiger partial charge on any atom is -0.477 e. The average Bonchev–Trinajstić information content (AvgIpc) is 3.01. The molecule has 1 aliphatic carbocycles. The van der Waals surface area contributed by atoms with Gasteiger partial charge in [0.05, 0.1) is 6.61 Å². The molecule has 1 aromatic heterocycles. The zero-order valence-electron chi connectivity index (χ0n) is 10.00. The van der Waals surface area contributed by atoms with Crippen molar-refractivity contribution >= 4 is 0 Å². The first-order chi connectivity index (χ1) is 8.41. The summed E-state index contributed by atoms with van der Waals surface area (Å²) >= 11 is 0. The third kappa shape index (κ3) is 2.93. The average molecular weight is 260 g/mol. The van der Waals surface area contributed by atoms with Gasteiger partial charge in [0.15, 0.2) is 0 Å². The number of hydrogen-bond donors (Lipinski definition) is 1. The lowest BCUT2D eigenvalue weighted by Crippen LogP contribution is -2.13. The number of nitrogens with two attached hydrogens (primary N) is 1. The normalized spacial score (nSPS) is 22.9. The second-order valence-electron chi connectivity index (χ2n) is 4.65. The lowest BCUT2D eigenvalue weighted by atomic mass is 10.2. The van der Waals surface area contributed by atoms with Crippen LogP contribution in [0.25, 0.3) is 0 Å². The highest BCUT2D eigenvalue weighted by molar-refractivity contribution is 5.29. The van der Waals surface area contributed by atoms with Crippen molar-refractivity contribution in [2.24, 2.45) is 17.6 Å². The van der Waals surface area contributed by atoms with Gasteiger partial charge in [0.1, 0.15) is 5.69 Å². The summed E-state index contributed by atoms with van der Waals surface area (Å²) < 4.78 is 42.9. The van der Waals surface area contributed by atoms with E-state index in [1.54, 1.807) is 0 Å². The largest absolute Gasteiger partial charge is 0.477 e. The Balaban J connectivity index is 2.14. The van der Waals surface area contributed by atoms with Crippen LogP contribution in [0.5, 0.6) is 5.88 Å². The van der Waals surface area contributed by atoms with Gasteiger partial charge in [-0.2, -0.15) is 13.2 Å². The van der Waals surface area contributed by atoms with Gasteiger partial charge in [-0.3, -0.25) is 0 Å². The van der Waals surface area contributed by atoms with Crippen molar-refractivity contribution in [1.29, 1.82) is 0 Å². The first-order valence-corrected chi connectivity index (χ1v) is 5.81. The monoisotopic (exact) mass is 260 g/mol. The number of rotatable bonds is 4. The molecule has 1 heterocycles. The molecular formula is C12H15F3N2O. The number of nitrogens with zero attached hydrogens (tertiary/aromatic N) is 1. The maximum absolute atomic E-state index is 12.5. The molecule has 0 saturated heterocycles. The fraction of sp³-hybridized carbons (Fsp3) is 0.583. The van der Waals surface area contributed by atoms with Gasteiger partial charge >= 0.3 is 6.18 Å². The molecule has 100 valence electrons. The highest BCUT2D eigenvalue weighted by Gasteiger charge is 2.35. The molecule has 2 rings (SSSR count). The van der Waals surface area contributed by atoms with Crippen molar-refractivity contribution in [1.82, 2.24) is 4.98 Å². The number of ether oxygens (including phenoxy) is 1. The minimum atomic E-state index is -4.46. The molecule has 0 spiro atoms. The van der Waals surface area contributed by atoms with E-state index < -0.39 is 11.9 Å². The predicted molar refractivity (Wildman–Crippen MR) is 59.9 cm³/mol. The predicted octanol–water partition coefficient (Wildman–Crippen LogP) is 2.59. The van der Waals surface area contributed by atoms with Gasteiger partial charge in [-0.05, 0) is 24.3 Å². The van der Waals surface area contributed by atoms with E-state index >= 15 is 0 Å². The van der Waals surface area contributed by atoms with Gasteiger partial charge in [0.2, 0.25) is 5.88 Å². The molecule has 1 saturated carbocycles. The van der Waals surface area contributed by atoms with E-state index in [0.29, 0.717) is 24.0 Å². The van der Waals surface area contributed by atoms with Crippen LogP contribution in [0.1, 0.15) is 24.6 Å². The molecule has 0 aliphatic heterocycles. The Bertz CT molecular complexity index is 434. The minimum absolute atomic E-state index is 0.00595. The summed E-state index contributed by atoms with van der Waals surface area (Å²) in [6.45, 7) is 2.60. The fourth-order valence-corrected chi connectivity index (χ4v) is 1.72. The quantitative estimate of drug-likeness (QED) is 0.905. The molecule has 6 heteroatoms. The van der Waals surface area contributed by atoms with E-state index in [9.17, 15) is 13.2 Å². The van der Waals surface area contributed by atoms with E-state index in [0.717, 1.165) is 12.5 Å². The van der Waals surface area contributed by atoms with Crippen LogP contribution < -0.4 is 10.5 Å². The van der Waals surface area contributed by atoms with Crippen LogP contribution in [0, 0.1) is 11.8 Å². The Labute approximate surface area is 103 Å². The molecule has 0 bridgehead atoms. The molecule has 2 N–H and O–H groups in total. The molecule has 2 atom stereocenters. The van der Waals surface area contributed by atoms with Crippen molar-refractivity contribution in [3.8, 4) is 5.88 Å². The standard InChI is InChI=1S/C12H15F3N2O/c1-7-4-9(7)6-18-11-8(5-16)2-3-10(17-11)12(13,14)15/h2-3,7,9H,4-6,16H2,1H3. The molecule has 3 nitrogen and oxygen atoms in total. The highest BCUT2D eigenvalue weighted by atomic mass is 19.4. The molecule has 0 aromatic carbocycles. The number of hydrogen-bond acceptors (Lipinski definition) is 3. The zero-order chi connectivity index (χ0) is 13.3. The van der Waals surface area contributed by atoms with E-state index in [2.05, 4.69) is 11.9 Å². The van der Waals surface area contributed by atoms with Crippen LogP contribution in [0.4, 0.5) is 13.2 Å². The second kappa shape index (κ2) is 4.76. The van der Waals surface area contributed by atoms with Crippen molar-refractivity contribution in [3.05, 3.63) is 23.4 Å². The summed E-state index contributed by atoms with van der Waals surface area (Å²) in [6, 6.07) is 2.25. The lowest BCUT2D eigenvalue weighted by molar-refractivity contribution is -0.141. The maximum Gasteiger partial charge on any atom is 0.433 e. The van der Waals surface area contributed by atoms with Crippen molar-refractivity contribution < 1.29 is 17.9 Å². The summed E-state index contributed by atoms with van der Waals surface area (Å²) in [6.07, 6.45) is -3.41. The third-order valence-corrected chi connectivity index (χ3v) is 3.16. The highest BCUT2D eigenvalue weighted by Crippen LogP contribution is 2.38. The first kappa shape index (κ1) is 13.1. The number of aromatic nitrogens is 1. The Hall–Kier alpha value is -1.30. The lowest BCUT2D eigenvalue weighted by Gasteiger charge is -2.12. The first-order valence-electron chi connectivity index (χ1n) is 5.81. The van der Waals surface area contributed by atoms with Crippen LogP contribution in [0.2, 0.25) is 0 Å².